The van der Waals surface area contributed by atoms with Gasteiger partial charge in [0.15, 0.2) is 0 Å². The fourth-order valence-electron chi connectivity index (χ4n) is 1.02. The first-order chi connectivity index (χ1) is 6.67. The molecule has 0 amide bonds. The molecule has 0 fully saturated rings. The van der Waals surface area contributed by atoms with Crippen molar-refractivity contribution in [2.24, 2.45) is 0 Å². The molecule has 74 valence electrons. The third-order valence-electron chi connectivity index (χ3n) is 1.82. The molecule has 0 saturated heterocycles. The van der Waals surface area contributed by atoms with Gasteiger partial charge in [0.05, 0.1) is 16.8 Å². The highest BCUT2D eigenvalue weighted by atomic mass is 79.9. The molecule has 1 rings (SSSR count). The summed E-state index contributed by atoms with van der Waals surface area (Å²) in [5.41, 5.74) is 0.795. The van der Waals surface area contributed by atoms with Crippen molar-refractivity contribution < 1.29 is 0 Å². The number of nitrogens with one attached hydrogen (secondary N) is 1. The maximum atomic E-state index is 8.77. The molecule has 0 aromatic heterocycles. The number of rotatable bonds is 3. The van der Waals surface area contributed by atoms with E-state index in [9.17, 15) is 0 Å². The van der Waals surface area contributed by atoms with Crippen LogP contribution in [0, 0.1) is 11.3 Å². The smallest absolute Gasteiger partial charge is 0.114 e. The average molecular weight is 274 g/mol. The lowest BCUT2D eigenvalue weighted by molar-refractivity contribution is 0.845. The van der Waals surface area contributed by atoms with Crippen LogP contribution >= 0.6 is 27.5 Å². The first-order valence-corrected chi connectivity index (χ1v) is 5.45. The van der Waals surface area contributed by atoms with Crippen molar-refractivity contribution in [1.82, 2.24) is 0 Å². The van der Waals surface area contributed by atoms with Crippen LogP contribution in [0.5, 0.6) is 0 Å². The van der Waals surface area contributed by atoms with Crippen molar-refractivity contribution in [1.29, 1.82) is 5.26 Å². The summed E-state index contributed by atoms with van der Waals surface area (Å²) in [6.45, 7) is 1.95. The lowest BCUT2D eigenvalue weighted by Crippen LogP contribution is -2.15. The Morgan fingerprint density at radius 2 is 2.36 bits per heavy atom. The van der Waals surface area contributed by atoms with Gasteiger partial charge in [-0.05, 0) is 24.6 Å². The average Bonchev–Trinajstić information content (AvgIpc) is 2.17. The van der Waals surface area contributed by atoms with Gasteiger partial charge < -0.3 is 5.32 Å². The highest BCUT2D eigenvalue weighted by Gasteiger charge is 2.06. The Labute approximate surface area is 97.0 Å². The van der Waals surface area contributed by atoms with E-state index in [4.69, 9.17) is 16.9 Å². The largest absolute Gasteiger partial charge is 0.369 e. The van der Waals surface area contributed by atoms with Gasteiger partial charge in [-0.1, -0.05) is 34.5 Å². The van der Waals surface area contributed by atoms with E-state index in [1.807, 2.05) is 19.1 Å². The lowest BCUT2D eigenvalue weighted by Gasteiger charge is -2.12. The first kappa shape index (κ1) is 11.4. The van der Waals surface area contributed by atoms with Gasteiger partial charge in [-0.25, -0.2) is 0 Å². The van der Waals surface area contributed by atoms with E-state index in [2.05, 4.69) is 27.3 Å². The SMILES string of the molecule is CCC(C#N)Nc1ccc(Br)cc1Cl. The number of nitriles is 1. The Hall–Kier alpha value is -0.720. The number of hydrogen-bond donors (Lipinski definition) is 1. The van der Waals surface area contributed by atoms with E-state index in [0.717, 1.165) is 16.6 Å². The highest BCUT2D eigenvalue weighted by molar-refractivity contribution is 9.10. The second kappa shape index (κ2) is 5.23. The van der Waals surface area contributed by atoms with Gasteiger partial charge in [-0.3, -0.25) is 0 Å². The Morgan fingerprint density at radius 1 is 1.64 bits per heavy atom. The molecule has 0 saturated carbocycles. The summed E-state index contributed by atoms with van der Waals surface area (Å²) in [7, 11) is 0. The van der Waals surface area contributed by atoms with Crippen LogP contribution in [0.4, 0.5) is 5.69 Å². The van der Waals surface area contributed by atoms with Crippen molar-refractivity contribution in [3.8, 4) is 6.07 Å². The van der Waals surface area contributed by atoms with Gasteiger partial charge in [0, 0.05) is 4.47 Å². The number of benzene rings is 1. The molecule has 4 heteroatoms. The maximum absolute atomic E-state index is 8.77. The molecule has 0 radical (unpaired) electrons. The molecule has 1 aromatic rings. The van der Waals surface area contributed by atoms with Gasteiger partial charge in [0.2, 0.25) is 0 Å². The van der Waals surface area contributed by atoms with Gasteiger partial charge in [-0.15, -0.1) is 0 Å². The fraction of sp³-hybridized carbons (Fsp3) is 0.300. The minimum absolute atomic E-state index is 0.186. The monoisotopic (exact) mass is 272 g/mol. The highest BCUT2D eigenvalue weighted by Crippen LogP contribution is 2.26. The zero-order chi connectivity index (χ0) is 10.6. The second-order valence-corrected chi connectivity index (χ2v) is 4.18. The maximum Gasteiger partial charge on any atom is 0.114 e. The summed E-state index contributed by atoms with van der Waals surface area (Å²) < 4.78 is 0.929. The predicted octanol–water partition coefficient (Wildman–Crippen LogP) is 3.82. The summed E-state index contributed by atoms with van der Waals surface area (Å²) in [4.78, 5) is 0. The number of halogens is 2. The van der Waals surface area contributed by atoms with Crippen LogP contribution in [0.3, 0.4) is 0 Å². The van der Waals surface area contributed by atoms with Crippen LogP contribution in [0.2, 0.25) is 5.02 Å². The van der Waals surface area contributed by atoms with Crippen molar-refractivity contribution in [2.45, 2.75) is 19.4 Å². The summed E-state index contributed by atoms with van der Waals surface area (Å²) in [6.07, 6.45) is 0.753. The minimum Gasteiger partial charge on any atom is -0.369 e. The quantitative estimate of drug-likeness (QED) is 0.909. The van der Waals surface area contributed by atoms with E-state index in [0.29, 0.717) is 5.02 Å². The summed E-state index contributed by atoms with van der Waals surface area (Å²) in [5, 5.41) is 12.4. The van der Waals surface area contributed by atoms with E-state index in [1.54, 1.807) is 6.07 Å². The zero-order valence-corrected chi connectivity index (χ0v) is 10.1. The molecular formula is C10H10BrClN2. The second-order valence-electron chi connectivity index (χ2n) is 2.86. The summed E-state index contributed by atoms with van der Waals surface area (Å²) in [6, 6.07) is 7.51. The van der Waals surface area contributed by atoms with Crippen molar-refractivity contribution in [3.63, 3.8) is 0 Å². The van der Waals surface area contributed by atoms with E-state index >= 15 is 0 Å². The topological polar surface area (TPSA) is 35.8 Å². The predicted molar refractivity (Wildman–Crippen MR) is 62.5 cm³/mol. The molecule has 1 N–H and O–H groups in total. The van der Waals surface area contributed by atoms with E-state index in [-0.39, 0.29) is 6.04 Å². The number of anilines is 1. The third-order valence-corrected chi connectivity index (χ3v) is 2.63. The normalized spacial score (nSPS) is 11.9. The molecule has 0 aliphatic carbocycles. The number of nitrogens with zero attached hydrogens (tertiary/aromatic N) is 1. The Morgan fingerprint density at radius 3 is 2.86 bits per heavy atom. The molecule has 0 bridgehead atoms. The molecule has 0 aliphatic heterocycles. The molecule has 2 nitrogen and oxygen atoms in total. The van der Waals surface area contributed by atoms with Crippen LogP contribution < -0.4 is 5.32 Å². The van der Waals surface area contributed by atoms with Crippen LogP contribution in [-0.4, -0.2) is 6.04 Å². The molecule has 0 heterocycles. The van der Waals surface area contributed by atoms with Gasteiger partial charge in [0.25, 0.3) is 0 Å². The molecule has 0 aliphatic rings. The molecular weight excluding hydrogens is 263 g/mol. The third kappa shape index (κ3) is 2.90. The fourth-order valence-corrected chi connectivity index (χ4v) is 1.75. The van der Waals surface area contributed by atoms with Crippen LogP contribution in [0.25, 0.3) is 0 Å². The van der Waals surface area contributed by atoms with Crippen molar-refractivity contribution >= 4 is 33.2 Å². The van der Waals surface area contributed by atoms with Gasteiger partial charge in [-0.2, -0.15) is 5.26 Å². The standard InChI is InChI=1S/C10H10BrClN2/c1-2-8(6-13)14-10-4-3-7(11)5-9(10)12/h3-5,8,14H,2H2,1H3. The van der Waals surface area contributed by atoms with Gasteiger partial charge >= 0.3 is 0 Å². The summed E-state index contributed by atoms with van der Waals surface area (Å²) in [5.74, 6) is 0. The van der Waals surface area contributed by atoms with Crippen LogP contribution in [0.1, 0.15) is 13.3 Å². The molecule has 1 unspecified atom stereocenters. The zero-order valence-electron chi connectivity index (χ0n) is 7.72. The van der Waals surface area contributed by atoms with Gasteiger partial charge in [0.1, 0.15) is 6.04 Å². The molecule has 1 aromatic carbocycles. The first-order valence-electron chi connectivity index (χ1n) is 4.28. The molecule has 0 spiro atoms. The molecule has 14 heavy (non-hydrogen) atoms. The summed E-state index contributed by atoms with van der Waals surface area (Å²) >= 11 is 9.31. The molecule has 1 atom stereocenters. The Kier molecular flexibility index (Phi) is 4.24. The Bertz CT molecular complexity index is 360. The van der Waals surface area contributed by atoms with Crippen LogP contribution in [0.15, 0.2) is 22.7 Å². The number of hydrogen-bond acceptors (Lipinski definition) is 2. The Balaban J connectivity index is 2.82. The van der Waals surface area contributed by atoms with E-state index in [1.165, 1.54) is 0 Å². The van der Waals surface area contributed by atoms with E-state index < -0.39 is 0 Å². The lowest BCUT2D eigenvalue weighted by atomic mass is 10.2. The van der Waals surface area contributed by atoms with Crippen molar-refractivity contribution in [3.05, 3.63) is 27.7 Å². The minimum atomic E-state index is -0.186. The van der Waals surface area contributed by atoms with Crippen molar-refractivity contribution in [2.75, 3.05) is 5.32 Å². The van der Waals surface area contributed by atoms with Crippen LogP contribution in [-0.2, 0) is 0 Å².